The lowest BCUT2D eigenvalue weighted by molar-refractivity contribution is 0.0798. The average molecular weight is 348 g/mol. The minimum atomic E-state index is -1.47. The molecule has 3 rings (SSSR count). The third kappa shape index (κ3) is 3.89. The molecule has 0 aliphatic rings. The fraction of sp³-hybridized carbons (Fsp3) is 0.100. The van der Waals surface area contributed by atoms with E-state index in [2.05, 4.69) is 22.9 Å². The van der Waals surface area contributed by atoms with Crippen LogP contribution in [-0.2, 0) is 12.1 Å². The predicted molar refractivity (Wildman–Crippen MR) is 95.6 cm³/mol. The Bertz CT molecular complexity index is 962. The van der Waals surface area contributed by atoms with Crippen molar-refractivity contribution >= 4 is 11.6 Å². The van der Waals surface area contributed by atoms with Crippen LogP contribution in [0.2, 0.25) is 5.02 Å². The largest absolute Gasteiger partial charge is 0.372 e. The first kappa shape index (κ1) is 16.8. The Morgan fingerprint density at radius 2 is 1.84 bits per heavy atom. The summed E-state index contributed by atoms with van der Waals surface area (Å²) >= 11 is 5.89. The van der Waals surface area contributed by atoms with Gasteiger partial charge in [0.05, 0.1) is 19.1 Å². The first-order valence-corrected chi connectivity index (χ1v) is 7.95. The van der Waals surface area contributed by atoms with Gasteiger partial charge in [0.25, 0.3) is 0 Å². The molecule has 1 N–H and O–H groups in total. The Kier molecular flexibility index (Phi) is 4.86. The summed E-state index contributed by atoms with van der Waals surface area (Å²) in [6.07, 6.45) is 2.97. The minimum absolute atomic E-state index is 0.0977. The van der Waals surface area contributed by atoms with Crippen molar-refractivity contribution in [2.45, 2.75) is 12.1 Å². The van der Waals surface area contributed by atoms with Crippen molar-refractivity contribution in [3.05, 3.63) is 89.0 Å². The molecular formula is C20H14ClN3O. The first-order valence-electron chi connectivity index (χ1n) is 7.57. The monoisotopic (exact) mass is 347 g/mol. The van der Waals surface area contributed by atoms with E-state index in [1.807, 2.05) is 18.2 Å². The highest BCUT2D eigenvalue weighted by Crippen LogP contribution is 2.23. The standard InChI is InChI=1S/C20H14ClN3O/c21-18-8-6-16(7-9-18)10-11-20(25,17-4-2-1-3-5-17)14-24-15-23-13-19(24)12-22/h1-9,13,15,25H,14H2. The number of halogens is 1. The van der Waals surface area contributed by atoms with E-state index in [1.54, 1.807) is 41.0 Å². The highest BCUT2D eigenvalue weighted by molar-refractivity contribution is 6.30. The maximum Gasteiger partial charge on any atom is 0.169 e. The quantitative estimate of drug-likeness (QED) is 0.739. The summed E-state index contributed by atoms with van der Waals surface area (Å²) in [5, 5.41) is 21.0. The molecule has 3 aromatic rings. The molecule has 0 aliphatic carbocycles. The molecule has 1 heterocycles. The summed E-state index contributed by atoms with van der Waals surface area (Å²) in [6.45, 7) is 0.0977. The van der Waals surface area contributed by atoms with Crippen LogP contribution in [0.15, 0.2) is 67.1 Å². The zero-order chi connectivity index (χ0) is 17.7. The maximum atomic E-state index is 11.2. The molecule has 1 atom stereocenters. The first-order chi connectivity index (χ1) is 12.1. The minimum Gasteiger partial charge on any atom is -0.372 e. The molecule has 4 nitrogen and oxygen atoms in total. The molecule has 1 unspecified atom stereocenters. The molecule has 0 spiro atoms. The van der Waals surface area contributed by atoms with Crippen LogP contribution >= 0.6 is 11.6 Å². The molecule has 0 saturated carbocycles. The van der Waals surface area contributed by atoms with E-state index in [-0.39, 0.29) is 6.54 Å². The molecule has 122 valence electrons. The van der Waals surface area contributed by atoms with E-state index in [9.17, 15) is 5.11 Å². The van der Waals surface area contributed by atoms with Gasteiger partial charge in [-0.3, -0.25) is 0 Å². The number of benzene rings is 2. The Morgan fingerprint density at radius 3 is 2.52 bits per heavy atom. The summed E-state index contributed by atoms with van der Waals surface area (Å²) in [5.74, 6) is 5.93. The molecule has 5 heteroatoms. The van der Waals surface area contributed by atoms with Crippen LogP contribution in [-0.4, -0.2) is 14.7 Å². The second-order valence-corrected chi connectivity index (χ2v) is 5.94. The summed E-state index contributed by atoms with van der Waals surface area (Å²) in [5.41, 5.74) is 0.286. The zero-order valence-corrected chi connectivity index (χ0v) is 14.0. The van der Waals surface area contributed by atoms with Crippen LogP contribution in [0.5, 0.6) is 0 Å². The lowest BCUT2D eigenvalue weighted by Crippen LogP contribution is -2.30. The van der Waals surface area contributed by atoms with Crippen molar-refractivity contribution in [2.75, 3.05) is 0 Å². The van der Waals surface area contributed by atoms with E-state index in [4.69, 9.17) is 16.9 Å². The number of aromatic nitrogens is 2. The van der Waals surface area contributed by atoms with Crippen LogP contribution in [0, 0.1) is 23.2 Å². The van der Waals surface area contributed by atoms with E-state index in [1.165, 1.54) is 12.5 Å². The molecule has 0 bridgehead atoms. The zero-order valence-electron chi connectivity index (χ0n) is 13.2. The van der Waals surface area contributed by atoms with Crippen molar-refractivity contribution in [1.82, 2.24) is 9.55 Å². The number of rotatable bonds is 3. The number of nitrogens with zero attached hydrogens (tertiary/aromatic N) is 3. The van der Waals surface area contributed by atoms with Crippen molar-refractivity contribution in [3.8, 4) is 17.9 Å². The molecular weight excluding hydrogens is 334 g/mol. The fourth-order valence-corrected chi connectivity index (χ4v) is 2.54. The van der Waals surface area contributed by atoms with Crippen molar-refractivity contribution in [1.29, 1.82) is 5.26 Å². The summed E-state index contributed by atoms with van der Waals surface area (Å²) < 4.78 is 1.59. The number of imidazole rings is 1. The van der Waals surface area contributed by atoms with Crippen LogP contribution in [0.1, 0.15) is 16.8 Å². The molecule has 2 aromatic carbocycles. The highest BCUT2D eigenvalue weighted by Gasteiger charge is 2.28. The van der Waals surface area contributed by atoms with Gasteiger partial charge in [-0.2, -0.15) is 5.26 Å². The van der Waals surface area contributed by atoms with E-state index < -0.39 is 5.60 Å². The molecule has 25 heavy (non-hydrogen) atoms. The molecule has 0 aliphatic heterocycles. The van der Waals surface area contributed by atoms with Gasteiger partial charge in [0.1, 0.15) is 11.8 Å². The van der Waals surface area contributed by atoms with Crippen molar-refractivity contribution < 1.29 is 5.11 Å². The van der Waals surface area contributed by atoms with Crippen LogP contribution in [0.25, 0.3) is 0 Å². The van der Waals surface area contributed by atoms with Gasteiger partial charge in [0.15, 0.2) is 5.60 Å². The average Bonchev–Trinajstić information content (AvgIpc) is 3.09. The van der Waals surface area contributed by atoms with E-state index in [0.29, 0.717) is 16.3 Å². The van der Waals surface area contributed by atoms with Gasteiger partial charge in [0, 0.05) is 10.6 Å². The van der Waals surface area contributed by atoms with E-state index >= 15 is 0 Å². The lowest BCUT2D eigenvalue weighted by atomic mass is 9.93. The van der Waals surface area contributed by atoms with Gasteiger partial charge in [-0.05, 0) is 29.8 Å². The van der Waals surface area contributed by atoms with E-state index in [0.717, 1.165) is 5.56 Å². The number of nitriles is 1. The lowest BCUT2D eigenvalue weighted by Gasteiger charge is -2.23. The van der Waals surface area contributed by atoms with Crippen LogP contribution in [0.3, 0.4) is 0 Å². The SMILES string of the molecule is N#Cc1cncn1CC(O)(C#Cc1ccc(Cl)cc1)c1ccccc1. The summed E-state index contributed by atoms with van der Waals surface area (Å²) in [4.78, 5) is 3.97. The second-order valence-electron chi connectivity index (χ2n) is 5.50. The topological polar surface area (TPSA) is 61.8 Å². The molecule has 0 saturated heterocycles. The van der Waals surface area contributed by atoms with Crippen LogP contribution < -0.4 is 0 Å². The second kappa shape index (κ2) is 7.23. The Hall–Kier alpha value is -3.05. The van der Waals surface area contributed by atoms with Gasteiger partial charge in [-0.25, -0.2) is 4.98 Å². The third-order valence-electron chi connectivity index (χ3n) is 3.74. The number of hydrogen-bond acceptors (Lipinski definition) is 3. The van der Waals surface area contributed by atoms with Gasteiger partial charge in [0.2, 0.25) is 0 Å². The summed E-state index contributed by atoms with van der Waals surface area (Å²) in [6, 6.07) is 18.3. The Labute approximate surface area is 150 Å². The molecule has 0 fully saturated rings. The smallest absolute Gasteiger partial charge is 0.169 e. The van der Waals surface area contributed by atoms with Gasteiger partial charge < -0.3 is 9.67 Å². The maximum absolute atomic E-state index is 11.2. The van der Waals surface area contributed by atoms with Crippen molar-refractivity contribution in [2.24, 2.45) is 0 Å². The number of hydrogen-bond donors (Lipinski definition) is 1. The van der Waals surface area contributed by atoms with Crippen molar-refractivity contribution in [3.63, 3.8) is 0 Å². The van der Waals surface area contributed by atoms with Crippen LogP contribution in [0.4, 0.5) is 0 Å². The third-order valence-corrected chi connectivity index (χ3v) is 3.99. The van der Waals surface area contributed by atoms with Gasteiger partial charge >= 0.3 is 0 Å². The highest BCUT2D eigenvalue weighted by atomic mass is 35.5. The van der Waals surface area contributed by atoms with Gasteiger partial charge in [-0.15, -0.1) is 0 Å². The van der Waals surface area contributed by atoms with Gasteiger partial charge in [-0.1, -0.05) is 53.8 Å². The fourth-order valence-electron chi connectivity index (χ4n) is 2.41. The molecule has 1 aromatic heterocycles. The normalized spacial score (nSPS) is 12.5. The number of aliphatic hydroxyl groups is 1. The Morgan fingerprint density at radius 1 is 1.12 bits per heavy atom. The Balaban J connectivity index is 2.01. The molecule has 0 amide bonds. The molecule has 0 radical (unpaired) electrons. The predicted octanol–water partition coefficient (Wildman–Crippen LogP) is 3.35. The summed E-state index contributed by atoms with van der Waals surface area (Å²) in [7, 11) is 0.